The molecule has 32 heavy (non-hydrogen) atoms. The maximum Gasteiger partial charge on any atom is 0.295 e. The lowest BCUT2D eigenvalue weighted by Gasteiger charge is -2.31. The van der Waals surface area contributed by atoms with Crippen LogP contribution in [0.5, 0.6) is 17.2 Å². The van der Waals surface area contributed by atoms with Crippen molar-refractivity contribution in [2.45, 2.75) is 37.8 Å². The van der Waals surface area contributed by atoms with E-state index in [0.29, 0.717) is 5.56 Å². The van der Waals surface area contributed by atoms with E-state index in [1.807, 2.05) is 0 Å². The molecule has 0 bridgehead atoms. The van der Waals surface area contributed by atoms with Crippen LogP contribution < -0.4 is 9.47 Å². The van der Waals surface area contributed by atoms with Gasteiger partial charge in [0.2, 0.25) is 0 Å². The molecule has 2 aromatic rings. The third-order valence-electron chi connectivity index (χ3n) is 6.13. The Balaban J connectivity index is 1.94. The summed E-state index contributed by atoms with van der Waals surface area (Å²) in [6.45, 7) is 0. The molecule has 1 saturated heterocycles. The van der Waals surface area contributed by atoms with Crippen LogP contribution in [0.4, 0.5) is 4.39 Å². The lowest BCUT2D eigenvalue weighted by atomic mass is 9.94. The van der Waals surface area contributed by atoms with Crippen LogP contribution in [0.1, 0.15) is 42.9 Å². The number of likely N-dealkylation sites (tertiary alicyclic amines) is 1. The zero-order chi connectivity index (χ0) is 23.0. The van der Waals surface area contributed by atoms with Crippen molar-refractivity contribution in [2.75, 3.05) is 14.2 Å². The number of aliphatic hydroxyl groups is 1. The summed E-state index contributed by atoms with van der Waals surface area (Å²) < 4.78 is 24.3. The summed E-state index contributed by atoms with van der Waals surface area (Å²) in [5.74, 6) is -2.51. The van der Waals surface area contributed by atoms with Crippen LogP contribution in [-0.2, 0) is 9.59 Å². The molecule has 0 aromatic heterocycles. The number of methoxy groups -OCH3 is 2. The number of hydrogen-bond acceptors (Lipinski definition) is 6. The number of phenols is 1. The fourth-order valence-corrected chi connectivity index (χ4v) is 4.62. The van der Waals surface area contributed by atoms with Crippen molar-refractivity contribution >= 4 is 17.4 Å². The second-order valence-corrected chi connectivity index (χ2v) is 7.92. The highest BCUT2D eigenvalue weighted by molar-refractivity contribution is 6.46. The Kier molecular flexibility index (Phi) is 5.78. The summed E-state index contributed by atoms with van der Waals surface area (Å²) in [4.78, 5) is 27.7. The molecule has 1 heterocycles. The molecular formula is C24H24FNO6. The molecule has 8 heteroatoms. The summed E-state index contributed by atoms with van der Waals surface area (Å²) in [6.07, 6.45) is 3.31. The molecule has 2 N–H and O–H groups in total. The SMILES string of the molecule is COc1ccc(C2/C(=C(\O)c3cc(F)ccc3OC)C(=O)C(=O)N2C2CCCC2)cc1O. The number of nitrogens with zero attached hydrogens (tertiary/aromatic N) is 1. The molecule has 2 fully saturated rings. The predicted molar refractivity (Wildman–Crippen MR) is 114 cm³/mol. The van der Waals surface area contributed by atoms with Crippen molar-refractivity contribution in [1.29, 1.82) is 0 Å². The second kappa shape index (κ2) is 8.53. The summed E-state index contributed by atoms with van der Waals surface area (Å²) in [5.41, 5.74) is 0.237. The van der Waals surface area contributed by atoms with E-state index in [1.165, 1.54) is 43.4 Å². The normalized spacial score (nSPS) is 20.7. The van der Waals surface area contributed by atoms with Gasteiger partial charge in [0.05, 0.1) is 31.4 Å². The maximum atomic E-state index is 14.0. The Morgan fingerprint density at radius 3 is 2.31 bits per heavy atom. The topological polar surface area (TPSA) is 96.3 Å². The van der Waals surface area contributed by atoms with Crippen LogP contribution in [0.3, 0.4) is 0 Å². The first kappa shape index (κ1) is 21.7. The molecule has 1 aliphatic carbocycles. The molecular weight excluding hydrogens is 417 g/mol. The molecule has 1 amide bonds. The molecule has 168 valence electrons. The van der Waals surface area contributed by atoms with Gasteiger partial charge in [-0.1, -0.05) is 18.9 Å². The molecule has 0 spiro atoms. The minimum Gasteiger partial charge on any atom is -0.507 e. The van der Waals surface area contributed by atoms with Crippen LogP contribution >= 0.6 is 0 Å². The molecule has 1 unspecified atom stereocenters. The van der Waals surface area contributed by atoms with Crippen LogP contribution in [-0.4, -0.2) is 47.1 Å². The first-order valence-electron chi connectivity index (χ1n) is 10.4. The van der Waals surface area contributed by atoms with Gasteiger partial charge in [0.15, 0.2) is 11.5 Å². The first-order valence-corrected chi connectivity index (χ1v) is 10.4. The minimum absolute atomic E-state index is 0.0281. The van der Waals surface area contributed by atoms with E-state index in [-0.39, 0.29) is 34.4 Å². The Labute approximate surface area is 184 Å². The molecule has 2 aliphatic rings. The van der Waals surface area contributed by atoms with Gasteiger partial charge in [-0.2, -0.15) is 0 Å². The fraction of sp³-hybridized carbons (Fsp3) is 0.333. The number of phenolic OH excluding ortho intramolecular Hbond substituents is 1. The fourth-order valence-electron chi connectivity index (χ4n) is 4.62. The molecule has 1 saturated carbocycles. The zero-order valence-electron chi connectivity index (χ0n) is 17.8. The highest BCUT2D eigenvalue weighted by Gasteiger charge is 2.49. The molecule has 1 aliphatic heterocycles. The van der Waals surface area contributed by atoms with Crippen molar-refractivity contribution in [3.63, 3.8) is 0 Å². The highest BCUT2D eigenvalue weighted by Crippen LogP contribution is 2.45. The van der Waals surface area contributed by atoms with E-state index in [1.54, 1.807) is 6.07 Å². The molecule has 7 nitrogen and oxygen atoms in total. The number of amides is 1. The van der Waals surface area contributed by atoms with Gasteiger partial charge < -0.3 is 24.6 Å². The quantitative estimate of drug-likeness (QED) is 0.415. The van der Waals surface area contributed by atoms with E-state index in [0.717, 1.165) is 31.7 Å². The van der Waals surface area contributed by atoms with Crippen LogP contribution in [0.25, 0.3) is 5.76 Å². The Bertz CT molecular complexity index is 1110. The Morgan fingerprint density at radius 2 is 1.69 bits per heavy atom. The van der Waals surface area contributed by atoms with Crippen LogP contribution in [0.2, 0.25) is 0 Å². The number of benzene rings is 2. The number of Topliss-reactive ketones (excluding diaryl/α,β-unsaturated/α-hetero) is 1. The highest BCUT2D eigenvalue weighted by atomic mass is 19.1. The van der Waals surface area contributed by atoms with Crippen LogP contribution in [0, 0.1) is 5.82 Å². The van der Waals surface area contributed by atoms with Gasteiger partial charge in [-0.15, -0.1) is 0 Å². The lowest BCUT2D eigenvalue weighted by Crippen LogP contribution is -2.37. The summed E-state index contributed by atoms with van der Waals surface area (Å²) in [6, 6.07) is 7.02. The van der Waals surface area contributed by atoms with Crippen molar-refractivity contribution in [3.05, 3.63) is 58.9 Å². The maximum absolute atomic E-state index is 14.0. The van der Waals surface area contributed by atoms with Gasteiger partial charge in [0.25, 0.3) is 11.7 Å². The van der Waals surface area contributed by atoms with E-state index in [2.05, 4.69) is 0 Å². The number of aliphatic hydroxyl groups excluding tert-OH is 1. The number of ketones is 1. The zero-order valence-corrected chi connectivity index (χ0v) is 17.8. The van der Waals surface area contributed by atoms with Crippen molar-refractivity contribution in [1.82, 2.24) is 4.90 Å². The number of ether oxygens (including phenoxy) is 2. The lowest BCUT2D eigenvalue weighted by molar-refractivity contribution is -0.141. The number of aromatic hydroxyl groups is 1. The minimum atomic E-state index is -0.942. The van der Waals surface area contributed by atoms with E-state index >= 15 is 0 Å². The Morgan fingerprint density at radius 1 is 1.03 bits per heavy atom. The van der Waals surface area contributed by atoms with Gasteiger partial charge in [-0.05, 0) is 48.7 Å². The van der Waals surface area contributed by atoms with Gasteiger partial charge in [-0.25, -0.2) is 4.39 Å². The van der Waals surface area contributed by atoms with Crippen molar-refractivity contribution in [2.24, 2.45) is 0 Å². The Hall–Kier alpha value is -3.55. The molecule has 4 rings (SSSR count). The second-order valence-electron chi connectivity index (χ2n) is 7.92. The summed E-state index contributed by atoms with van der Waals surface area (Å²) in [5, 5.41) is 21.5. The van der Waals surface area contributed by atoms with Crippen molar-refractivity contribution < 1.29 is 33.7 Å². The van der Waals surface area contributed by atoms with E-state index in [4.69, 9.17) is 9.47 Å². The predicted octanol–water partition coefficient (Wildman–Crippen LogP) is 3.91. The number of halogens is 1. The van der Waals surface area contributed by atoms with E-state index in [9.17, 15) is 24.2 Å². The average Bonchev–Trinajstić information content (AvgIpc) is 3.40. The third kappa shape index (κ3) is 3.55. The number of rotatable bonds is 5. The first-order chi connectivity index (χ1) is 15.4. The molecule has 1 atom stereocenters. The smallest absolute Gasteiger partial charge is 0.295 e. The van der Waals surface area contributed by atoms with Gasteiger partial charge in [-0.3, -0.25) is 9.59 Å². The average molecular weight is 441 g/mol. The van der Waals surface area contributed by atoms with Gasteiger partial charge in [0.1, 0.15) is 17.3 Å². The molecule has 2 aromatic carbocycles. The number of carbonyl (C=O) groups is 2. The molecule has 0 radical (unpaired) electrons. The van der Waals surface area contributed by atoms with Gasteiger partial charge in [0, 0.05) is 6.04 Å². The van der Waals surface area contributed by atoms with E-state index < -0.39 is 29.3 Å². The number of carbonyl (C=O) groups excluding carboxylic acids is 2. The summed E-state index contributed by atoms with van der Waals surface area (Å²) in [7, 11) is 2.77. The number of hydrogen-bond donors (Lipinski definition) is 2. The van der Waals surface area contributed by atoms with Crippen molar-refractivity contribution in [3.8, 4) is 17.2 Å². The monoisotopic (exact) mass is 441 g/mol. The third-order valence-corrected chi connectivity index (χ3v) is 6.13. The van der Waals surface area contributed by atoms with Gasteiger partial charge >= 0.3 is 0 Å². The standard InChI is InChI=1S/C24H24FNO6/c1-31-18-10-8-14(25)12-16(18)22(28)20-21(13-7-9-19(32-2)17(27)11-13)26(24(30)23(20)29)15-5-3-4-6-15/h7-12,15,21,27-28H,3-6H2,1-2H3/b22-20+. The van der Waals surface area contributed by atoms with Crippen LogP contribution in [0.15, 0.2) is 42.0 Å². The largest absolute Gasteiger partial charge is 0.507 e. The summed E-state index contributed by atoms with van der Waals surface area (Å²) >= 11 is 0.